The first-order valence-corrected chi connectivity index (χ1v) is 11.0. The lowest BCUT2D eigenvalue weighted by molar-refractivity contribution is -0.139. The van der Waals surface area contributed by atoms with E-state index in [2.05, 4.69) is 22.0 Å². The summed E-state index contributed by atoms with van der Waals surface area (Å²) in [5.41, 5.74) is 5.40. The van der Waals surface area contributed by atoms with Gasteiger partial charge in [0.1, 0.15) is 6.54 Å². The van der Waals surface area contributed by atoms with Gasteiger partial charge in [-0.2, -0.15) is 13.2 Å². The molecule has 1 N–H and O–H groups in total. The van der Waals surface area contributed by atoms with Crippen LogP contribution in [-0.2, 0) is 18.4 Å². The molecule has 2 heterocycles. The molecule has 0 fully saturated rings. The largest absolute Gasteiger partial charge is 0.406 e. The highest BCUT2D eigenvalue weighted by Gasteiger charge is 2.28. The van der Waals surface area contributed by atoms with Gasteiger partial charge in [-0.1, -0.05) is 12.1 Å². The Kier molecular flexibility index (Phi) is 6.91. The number of amides is 1. The molecule has 0 aliphatic rings. The number of imidazole rings is 1. The van der Waals surface area contributed by atoms with Gasteiger partial charge in [-0.05, 0) is 72.8 Å². The third-order valence-corrected chi connectivity index (χ3v) is 5.68. The number of rotatable bonds is 7. The molecule has 0 unspecified atom stereocenters. The topological polar surface area (TPSA) is 64.2 Å². The van der Waals surface area contributed by atoms with E-state index in [0.29, 0.717) is 16.6 Å². The van der Waals surface area contributed by atoms with E-state index in [1.807, 2.05) is 42.8 Å². The lowest BCUT2D eigenvalue weighted by Gasteiger charge is -2.09. The number of benzene rings is 2. The molecule has 2 aromatic heterocycles. The minimum absolute atomic E-state index is 0.365. The SMILES string of the molecule is C=N\C=C/C(=C(C)/C=C/C(=O)Nc1ccc2c(ccn2CC(F)(F)F)c1)c1ccc2ncn(C)c2c1. The van der Waals surface area contributed by atoms with Gasteiger partial charge in [0.15, 0.2) is 0 Å². The molecule has 0 atom stereocenters. The number of aromatic nitrogens is 3. The molecule has 0 spiro atoms. The third kappa shape index (κ3) is 5.63. The van der Waals surface area contributed by atoms with Crippen molar-refractivity contribution in [2.75, 3.05) is 5.32 Å². The van der Waals surface area contributed by atoms with Crippen molar-refractivity contribution < 1.29 is 18.0 Å². The Bertz CT molecular complexity index is 1540. The van der Waals surface area contributed by atoms with Crippen molar-refractivity contribution in [1.29, 1.82) is 0 Å². The number of aliphatic imine (C=N–C) groups is 1. The quantitative estimate of drug-likeness (QED) is 0.188. The summed E-state index contributed by atoms with van der Waals surface area (Å²) >= 11 is 0. The maximum Gasteiger partial charge on any atom is 0.406 e. The van der Waals surface area contributed by atoms with Crippen LogP contribution in [0.5, 0.6) is 0 Å². The number of halogens is 3. The Morgan fingerprint density at radius 1 is 1.11 bits per heavy atom. The van der Waals surface area contributed by atoms with Gasteiger partial charge in [-0.15, -0.1) is 0 Å². The lowest BCUT2D eigenvalue weighted by Crippen LogP contribution is -2.16. The predicted molar refractivity (Wildman–Crippen MR) is 138 cm³/mol. The van der Waals surface area contributed by atoms with Gasteiger partial charge < -0.3 is 14.5 Å². The standard InChI is InChI=1S/C27H24F3N5O/c1-18(22(10-12-31-2)19-5-7-23-25(15-19)34(3)17-32-23)4-9-26(36)33-21-6-8-24-20(14-21)11-13-35(24)16-27(28,29)30/h4-15,17H,2,16H2,1,3H3,(H,33,36)/b9-4+,12-10-,22-18-. The fourth-order valence-corrected chi connectivity index (χ4v) is 3.96. The number of alkyl halides is 3. The summed E-state index contributed by atoms with van der Waals surface area (Å²) < 4.78 is 41.3. The van der Waals surface area contributed by atoms with Gasteiger partial charge in [0.2, 0.25) is 5.91 Å². The van der Waals surface area contributed by atoms with Gasteiger partial charge in [0.25, 0.3) is 0 Å². The Balaban J connectivity index is 1.55. The van der Waals surface area contributed by atoms with Crippen molar-refractivity contribution in [2.45, 2.75) is 19.6 Å². The van der Waals surface area contributed by atoms with Crippen LogP contribution in [0.25, 0.3) is 27.5 Å². The zero-order chi connectivity index (χ0) is 25.9. The average molecular weight is 492 g/mol. The zero-order valence-electron chi connectivity index (χ0n) is 19.8. The van der Waals surface area contributed by atoms with Crippen LogP contribution in [0.2, 0.25) is 0 Å². The highest BCUT2D eigenvalue weighted by Crippen LogP contribution is 2.26. The molecule has 0 bridgehead atoms. The summed E-state index contributed by atoms with van der Waals surface area (Å²) in [6, 6.07) is 12.3. The summed E-state index contributed by atoms with van der Waals surface area (Å²) in [5.74, 6) is -0.365. The van der Waals surface area contributed by atoms with E-state index >= 15 is 0 Å². The molecule has 0 saturated heterocycles. The highest BCUT2D eigenvalue weighted by molar-refractivity contribution is 6.01. The van der Waals surface area contributed by atoms with Gasteiger partial charge in [-0.25, -0.2) is 4.98 Å². The summed E-state index contributed by atoms with van der Waals surface area (Å²) in [7, 11) is 1.92. The van der Waals surface area contributed by atoms with Crippen LogP contribution in [0.15, 0.2) is 90.0 Å². The molecule has 4 rings (SSSR count). The van der Waals surface area contributed by atoms with Crippen molar-refractivity contribution in [3.05, 3.63) is 90.6 Å². The van der Waals surface area contributed by atoms with Crippen LogP contribution in [-0.4, -0.2) is 32.9 Å². The summed E-state index contributed by atoms with van der Waals surface area (Å²) in [4.78, 5) is 20.7. The number of nitrogens with zero attached hydrogens (tertiary/aromatic N) is 4. The third-order valence-electron chi connectivity index (χ3n) is 5.68. The Morgan fingerprint density at radius 2 is 1.92 bits per heavy atom. The number of aryl methyl sites for hydroxylation is 1. The molecular weight excluding hydrogens is 467 g/mol. The van der Waals surface area contributed by atoms with Gasteiger partial charge in [0.05, 0.1) is 17.4 Å². The minimum Gasteiger partial charge on any atom is -0.338 e. The van der Waals surface area contributed by atoms with E-state index in [4.69, 9.17) is 0 Å². The first-order valence-electron chi connectivity index (χ1n) is 11.0. The smallest absolute Gasteiger partial charge is 0.338 e. The molecule has 1 amide bonds. The second-order valence-corrected chi connectivity index (χ2v) is 8.31. The van der Waals surface area contributed by atoms with Crippen molar-refractivity contribution >= 4 is 45.8 Å². The predicted octanol–water partition coefficient (Wildman–Crippen LogP) is 6.27. The first-order chi connectivity index (χ1) is 17.1. The van der Waals surface area contributed by atoms with Crippen molar-refractivity contribution in [1.82, 2.24) is 14.1 Å². The Hall–Kier alpha value is -4.40. The number of carbonyl (C=O) groups excluding carboxylic acids is 1. The normalized spacial score (nSPS) is 13.1. The fraction of sp³-hybridized carbons (Fsp3) is 0.148. The summed E-state index contributed by atoms with van der Waals surface area (Å²) in [5, 5.41) is 3.36. The number of nitrogens with one attached hydrogen (secondary N) is 1. The second kappa shape index (κ2) is 10.1. The van der Waals surface area contributed by atoms with E-state index in [0.717, 1.165) is 32.3 Å². The minimum atomic E-state index is -4.31. The van der Waals surface area contributed by atoms with Crippen LogP contribution in [0, 0.1) is 0 Å². The lowest BCUT2D eigenvalue weighted by atomic mass is 9.99. The number of hydrogen-bond donors (Lipinski definition) is 1. The monoisotopic (exact) mass is 491 g/mol. The van der Waals surface area contributed by atoms with Gasteiger partial charge in [0, 0.05) is 42.1 Å². The molecule has 0 saturated carbocycles. The molecule has 36 heavy (non-hydrogen) atoms. The number of hydrogen-bond acceptors (Lipinski definition) is 3. The van der Waals surface area contributed by atoms with E-state index in [-0.39, 0.29) is 5.91 Å². The summed E-state index contributed by atoms with van der Waals surface area (Å²) in [6.45, 7) is 4.31. The van der Waals surface area contributed by atoms with Gasteiger partial charge >= 0.3 is 6.18 Å². The number of anilines is 1. The van der Waals surface area contributed by atoms with E-state index < -0.39 is 12.7 Å². The molecule has 4 aromatic rings. The molecular formula is C27H24F3N5O. The molecule has 6 nitrogen and oxygen atoms in total. The van der Waals surface area contributed by atoms with E-state index in [9.17, 15) is 18.0 Å². The zero-order valence-corrected chi connectivity index (χ0v) is 19.8. The maximum absolute atomic E-state index is 12.7. The van der Waals surface area contributed by atoms with E-state index in [1.165, 1.54) is 12.3 Å². The highest BCUT2D eigenvalue weighted by atomic mass is 19.4. The first kappa shape index (κ1) is 24.7. The second-order valence-electron chi connectivity index (χ2n) is 8.31. The van der Waals surface area contributed by atoms with E-state index in [1.54, 1.807) is 42.9 Å². The van der Waals surface area contributed by atoms with Crippen LogP contribution in [0.4, 0.5) is 18.9 Å². The molecule has 0 aliphatic heterocycles. The molecule has 9 heteroatoms. The Morgan fingerprint density at radius 3 is 2.67 bits per heavy atom. The summed E-state index contributed by atoms with van der Waals surface area (Å²) in [6.07, 6.45) is 5.33. The van der Waals surface area contributed by atoms with Crippen LogP contribution < -0.4 is 5.32 Å². The molecule has 184 valence electrons. The number of carbonyl (C=O) groups is 1. The van der Waals surface area contributed by atoms with Crippen molar-refractivity contribution in [3.8, 4) is 0 Å². The van der Waals surface area contributed by atoms with Crippen LogP contribution in [0.3, 0.4) is 0 Å². The number of fused-ring (bicyclic) bond motifs is 2. The van der Waals surface area contributed by atoms with Crippen LogP contribution >= 0.6 is 0 Å². The number of allylic oxidation sites excluding steroid dienone is 4. The fourth-order valence-electron chi connectivity index (χ4n) is 3.96. The van der Waals surface area contributed by atoms with Gasteiger partial charge in [-0.3, -0.25) is 9.79 Å². The molecule has 0 aliphatic carbocycles. The molecule has 2 aromatic carbocycles. The van der Waals surface area contributed by atoms with Crippen molar-refractivity contribution in [3.63, 3.8) is 0 Å². The average Bonchev–Trinajstić information content (AvgIpc) is 3.39. The Labute approximate surface area is 205 Å². The van der Waals surface area contributed by atoms with Crippen LogP contribution in [0.1, 0.15) is 12.5 Å². The molecule has 0 radical (unpaired) electrons. The van der Waals surface area contributed by atoms with Crippen molar-refractivity contribution in [2.24, 2.45) is 12.0 Å². The maximum atomic E-state index is 12.7.